The van der Waals surface area contributed by atoms with Gasteiger partial charge in [-0.3, -0.25) is 0 Å². The van der Waals surface area contributed by atoms with E-state index in [1.807, 2.05) is 12.4 Å². The van der Waals surface area contributed by atoms with Crippen molar-refractivity contribution >= 4 is 44.2 Å². The molecular formula is C24H21N3S. The van der Waals surface area contributed by atoms with Crippen molar-refractivity contribution < 1.29 is 0 Å². The maximum Gasteiger partial charge on any atom is 0.134 e. The minimum Gasteiger partial charge on any atom is -0.360 e. The van der Waals surface area contributed by atoms with Gasteiger partial charge in [0.2, 0.25) is 0 Å². The molecule has 1 aliphatic carbocycles. The van der Waals surface area contributed by atoms with Crippen molar-refractivity contribution in [2.24, 2.45) is 4.99 Å². The number of nitriles is 1. The van der Waals surface area contributed by atoms with Gasteiger partial charge in [-0.15, -0.1) is 11.3 Å². The van der Waals surface area contributed by atoms with Crippen molar-refractivity contribution in [3.05, 3.63) is 64.2 Å². The van der Waals surface area contributed by atoms with Crippen LogP contribution in [0, 0.1) is 11.3 Å². The molecule has 4 aromatic rings. The van der Waals surface area contributed by atoms with E-state index in [2.05, 4.69) is 47.5 Å². The van der Waals surface area contributed by atoms with Crippen LogP contribution >= 0.6 is 11.3 Å². The van der Waals surface area contributed by atoms with Crippen LogP contribution in [0.15, 0.2) is 47.6 Å². The first-order valence-electron chi connectivity index (χ1n) is 9.92. The average molecular weight is 384 g/mol. The fraction of sp³-hybridized carbons (Fsp3) is 0.250. The molecule has 2 heterocycles. The zero-order valence-corrected chi connectivity index (χ0v) is 16.5. The first kappa shape index (κ1) is 17.2. The van der Waals surface area contributed by atoms with Crippen LogP contribution in [0.2, 0.25) is 0 Å². The lowest BCUT2D eigenvalue weighted by atomic mass is 9.97. The van der Waals surface area contributed by atoms with Crippen molar-refractivity contribution in [3.63, 3.8) is 0 Å². The molecule has 0 saturated carbocycles. The Morgan fingerprint density at radius 2 is 1.86 bits per heavy atom. The lowest BCUT2D eigenvalue weighted by Gasteiger charge is -2.08. The Bertz CT molecular complexity index is 1240. The van der Waals surface area contributed by atoms with Crippen LogP contribution in [0.25, 0.3) is 21.7 Å². The van der Waals surface area contributed by atoms with Crippen LogP contribution in [0.1, 0.15) is 47.3 Å². The lowest BCUT2D eigenvalue weighted by molar-refractivity contribution is 0.622. The first-order chi connectivity index (χ1) is 13.8. The molecule has 0 atom stereocenters. The largest absolute Gasteiger partial charge is 0.360 e. The highest BCUT2D eigenvalue weighted by Crippen LogP contribution is 2.38. The number of fused-ring (bicyclic) bond motifs is 4. The SMILES string of the molecule is N#Cc1c(N=Cc2c[nH]c3c2ccc2ccccc23)sc2c1CCCCCC2. The second kappa shape index (κ2) is 7.26. The van der Waals surface area contributed by atoms with Gasteiger partial charge < -0.3 is 4.98 Å². The van der Waals surface area contributed by atoms with Gasteiger partial charge in [0.25, 0.3) is 0 Å². The standard InChI is InChI=1S/C24H21N3S/c25-13-21-20-9-3-1-2-4-10-22(20)28-24(21)27-15-17-14-26-23-18-8-6-5-7-16(18)11-12-19(17)23/h5-8,11-12,14-15,26H,1-4,9-10H2. The number of aromatic nitrogens is 1. The molecular weight excluding hydrogens is 362 g/mol. The van der Waals surface area contributed by atoms with Crippen molar-refractivity contribution in [3.8, 4) is 6.07 Å². The minimum absolute atomic E-state index is 0.795. The van der Waals surface area contributed by atoms with Crippen LogP contribution in [0.4, 0.5) is 5.00 Å². The quantitative estimate of drug-likeness (QED) is 0.386. The van der Waals surface area contributed by atoms with E-state index in [4.69, 9.17) is 4.99 Å². The van der Waals surface area contributed by atoms with E-state index >= 15 is 0 Å². The highest BCUT2D eigenvalue weighted by molar-refractivity contribution is 7.16. The predicted octanol–water partition coefficient (Wildman–Crippen LogP) is 6.66. The smallest absolute Gasteiger partial charge is 0.134 e. The van der Waals surface area contributed by atoms with Crippen LogP contribution in [-0.2, 0) is 12.8 Å². The van der Waals surface area contributed by atoms with E-state index in [-0.39, 0.29) is 0 Å². The number of hydrogen-bond donors (Lipinski definition) is 1. The average Bonchev–Trinajstić information content (AvgIpc) is 3.27. The van der Waals surface area contributed by atoms with Gasteiger partial charge in [0, 0.05) is 33.6 Å². The molecule has 28 heavy (non-hydrogen) atoms. The zero-order valence-electron chi connectivity index (χ0n) is 15.7. The number of nitrogens with one attached hydrogen (secondary N) is 1. The molecule has 1 aliphatic rings. The third-order valence-electron chi connectivity index (χ3n) is 5.70. The van der Waals surface area contributed by atoms with E-state index in [1.165, 1.54) is 46.9 Å². The fourth-order valence-corrected chi connectivity index (χ4v) is 5.42. The van der Waals surface area contributed by atoms with Gasteiger partial charge in [-0.25, -0.2) is 4.99 Å². The summed E-state index contributed by atoms with van der Waals surface area (Å²) >= 11 is 1.71. The molecule has 4 heteroatoms. The molecule has 1 N–H and O–H groups in total. The summed E-state index contributed by atoms with van der Waals surface area (Å²) in [5.41, 5.74) is 4.25. The molecule has 0 bridgehead atoms. The third-order valence-corrected chi connectivity index (χ3v) is 6.90. The molecule has 2 aromatic heterocycles. The Labute approximate surface area is 168 Å². The Morgan fingerprint density at radius 3 is 2.75 bits per heavy atom. The normalized spacial score (nSPS) is 14.8. The number of nitrogens with zero attached hydrogens (tertiary/aromatic N) is 2. The summed E-state index contributed by atoms with van der Waals surface area (Å²) in [6.45, 7) is 0. The number of aliphatic imine (C=N–C) groups is 1. The van der Waals surface area contributed by atoms with Gasteiger partial charge in [-0.2, -0.15) is 5.26 Å². The number of H-pyrrole nitrogens is 1. The van der Waals surface area contributed by atoms with E-state index in [9.17, 15) is 5.26 Å². The van der Waals surface area contributed by atoms with Crippen molar-refractivity contribution in [1.29, 1.82) is 5.26 Å². The second-order valence-electron chi connectivity index (χ2n) is 7.42. The fourth-order valence-electron chi connectivity index (χ4n) is 4.24. The molecule has 0 saturated heterocycles. The second-order valence-corrected chi connectivity index (χ2v) is 8.51. The summed E-state index contributed by atoms with van der Waals surface area (Å²) in [4.78, 5) is 9.54. The predicted molar refractivity (Wildman–Crippen MR) is 118 cm³/mol. The summed E-state index contributed by atoms with van der Waals surface area (Å²) < 4.78 is 0. The van der Waals surface area contributed by atoms with Crippen LogP contribution in [-0.4, -0.2) is 11.2 Å². The molecule has 2 aromatic carbocycles. The van der Waals surface area contributed by atoms with Gasteiger partial charge in [-0.05, 0) is 36.6 Å². The third kappa shape index (κ3) is 2.93. The molecule has 5 rings (SSSR count). The molecule has 0 amide bonds. The number of aromatic amines is 1. The maximum absolute atomic E-state index is 9.75. The Morgan fingerprint density at radius 1 is 1.00 bits per heavy atom. The van der Waals surface area contributed by atoms with Gasteiger partial charge >= 0.3 is 0 Å². The Balaban J connectivity index is 1.55. The highest BCUT2D eigenvalue weighted by atomic mass is 32.1. The van der Waals surface area contributed by atoms with E-state index in [0.29, 0.717) is 0 Å². The van der Waals surface area contributed by atoms with E-state index < -0.39 is 0 Å². The number of rotatable bonds is 2. The molecule has 3 nitrogen and oxygen atoms in total. The molecule has 0 spiro atoms. The highest BCUT2D eigenvalue weighted by Gasteiger charge is 2.18. The Hall–Kier alpha value is -2.90. The number of benzene rings is 2. The van der Waals surface area contributed by atoms with Gasteiger partial charge in [0.15, 0.2) is 0 Å². The van der Waals surface area contributed by atoms with Gasteiger partial charge in [-0.1, -0.05) is 49.2 Å². The summed E-state index contributed by atoms with van der Waals surface area (Å²) in [5.74, 6) is 0. The topological polar surface area (TPSA) is 51.9 Å². The minimum atomic E-state index is 0.795. The maximum atomic E-state index is 9.75. The zero-order chi connectivity index (χ0) is 18.9. The van der Waals surface area contributed by atoms with Gasteiger partial charge in [0.1, 0.15) is 11.1 Å². The summed E-state index contributed by atoms with van der Waals surface area (Å²) in [6, 6.07) is 15.1. The van der Waals surface area contributed by atoms with Crippen molar-refractivity contribution in [2.45, 2.75) is 38.5 Å². The van der Waals surface area contributed by atoms with Crippen LogP contribution < -0.4 is 0 Å². The van der Waals surface area contributed by atoms with E-state index in [1.54, 1.807) is 11.3 Å². The van der Waals surface area contributed by atoms with Crippen LogP contribution in [0.3, 0.4) is 0 Å². The molecule has 0 unspecified atom stereocenters. The monoisotopic (exact) mass is 383 g/mol. The Kier molecular flexibility index (Phi) is 4.46. The number of thiophene rings is 1. The van der Waals surface area contributed by atoms with Crippen molar-refractivity contribution in [1.82, 2.24) is 4.98 Å². The first-order valence-corrected chi connectivity index (χ1v) is 10.7. The number of aryl methyl sites for hydroxylation is 1. The molecule has 0 fully saturated rings. The molecule has 0 radical (unpaired) electrons. The summed E-state index contributed by atoms with van der Waals surface area (Å²) in [6.07, 6.45) is 11.0. The lowest BCUT2D eigenvalue weighted by Crippen LogP contribution is -1.97. The summed E-state index contributed by atoms with van der Waals surface area (Å²) in [5, 5.41) is 14.2. The number of hydrogen-bond acceptors (Lipinski definition) is 3. The summed E-state index contributed by atoms with van der Waals surface area (Å²) in [7, 11) is 0. The molecule has 138 valence electrons. The van der Waals surface area contributed by atoms with Gasteiger partial charge in [0.05, 0.1) is 11.1 Å². The molecule has 0 aliphatic heterocycles. The van der Waals surface area contributed by atoms with Crippen molar-refractivity contribution in [2.75, 3.05) is 0 Å². The van der Waals surface area contributed by atoms with E-state index in [0.717, 1.165) is 39.9 Å². The van der Waals surface area contributed by atoms with Crippen LogP contribution in [0.5, 0.6) is 0 Å².